The fourth-order valence-corrected chi connectivity index (χ4v) is 2.85. The van der Waals surface area contributed by atoms with Crippen molar-refractivity contribution in [3.8, 4) is 0 Å². The van der Waals surface area contributed by atoms with Gasteiger partial charge in [-0.2, -0.15) is 0 Å². The summed E-state index contributed by atoms with van der Waals surface area (Å²) in [6.07, 6.45) is 1.02. The van der Waals surface area contributed by atoms with Gasteiger partial charge >= 0.3 is 0 Å². The number of rotatable bonds is 2. The molecule has 2 heterocycles. The first-order chi connectivity index (χ1) is 8.36. The van der Waals surface area contributed by atoms with Crippen molar-refractivity contribution in [2.75, 3.05) is 18.4 Å². The quantitative estimate of drug-likeness (QED) is 0.854. The predicted octanol–water partition coefficient (Wildman–Crippen LogP) is 2.23. The van der Waals surface area contributed by atoms with Gasteiger partial charge in [0.05, 0.1) is 22.3 Å². The number of hydrogen-bond donors (Lipinski definition) is 2. The van der Waals surface area contributed by atoms with Gasteiger partial charge in [0.2, 0.25) is 0 Å². The average molecular weight is 246 g/mol. The molecule has 0 atom stereocenters. The van der Waals surface area contributed by atoms with Crippen molar-refractivity contribution < 1.29 is 0 Å². The summed E-state index contributed by atoms with van der Waals surface area (Å²) in [7, 11) is 0. The highest BCUT2D eigenvalue weighted by Crippen LogP contribution is 2.27. The van der Waals surface area contributed by atoms with E-state index in [-0.39, 0.29) is 0 Å². The van der Waals surface area contributed by atoms with Crippen LogP contribution in [-0.2, 0) is 6.42 Å². The summed E-state index contributed by atoms with van der Waals surface area (Å²) < 4.78 is 1.29. The maximum atomic E-state index is 4.38. The maximum Gasteiger partial charge on any atom is 0.195 e. The Labute approximate surface area is 104 Å². The Morgan fingerprint density at radius 3 is 3.18 bits per heavy atom. The number of hydrogen-bond acceptors (Lipinski definition) is 5. The van der Waals surface area contributed by atoms with E-state index in [1.165, 1.54) is 10.3 Å². The first-order valence-electron chi connectivity index (χ1n) is 5.78. The van der Waals surface area contributed by atoms with Crippen LogP contribution in [0.15, 0.2) is 22.6 Å². The van der Waals surface area contributed by atoms with Crippen molar-refractivity contribution in [3.05, 3.63) is 23.2 Å². The van der Waals surface area contributed by atoms with Crippen molar-refractivity contribution >= 4 is 33.2 Å². The van der Waals surface area contributed by atoms with Crippen LogP contribution in [0.2, 0.25) is 0 Å². The molecule has 3 rings (SSSR count). The first kappa shape index (κ1) is 10.5. The normalized spacial score (nSPS) is 14.8. The number of guanidine groups is 1. The van der Waals surface area contributed by atoms with E-state index in [0.29, 0.717) is 0 Å². The van der Waals surface area contributed by atoms with Gasteiger partial charge in [0.1, 0.15) is 0 Å². The summed E-state index contributed by atoms with van der Waals surface area (Å²) in [5.41, 5.74) is 5.37. The fourth-order valence-electron chi connectivity index (χ4n) is 1.99. The van der Waals surface area contributed by atoms with Crippen LogP contribution in [0, 0.1) is 0 Å². The topological polar surface area (TPSA) is 49.3 Å². The summed E-state index contributed by atoms with van der Waals surface area (Å²) in [5, 5.41) is 6.51. The molecule has 0 fully saturated rings. The zero-order valence-electron chi connectivity index (χ0n) is 9.66. The van der Waals surface area contributed by atoms with Crippen LogP contribution in [0.5, 0.6) is 0 Å². The lowest BCUT2D eigenvalue weighted by Gasteiger charge is -2.08. The van der Waals surface area contributed by atoms with Crippen LogP contribution in [0.25, 0.3) is 10.2 Å². The molecule has 4 nitrogen and oxygen atoms in total. The van der Waals surface area contributed by atoms with Crippen molar-refractivity contribution in [3.63, 3.8) is 0 Å². The van der Waals surface area contributed by atoms with Crippen LogP contribution < -0.4 is 10.6 Å². The van der Waals surface area contributed by atoms with E-state index in [2.05, 4.69) is 39.7 Å². The van der Waals surface area contributed by atoms with E-state index in [4.69, 9.17) is 0 Å². The van der Waals surface area contributed by atoms with E-state index < -0.39 is 0 Å². The van der Waals surface area contributed by atoms with Gasteiger partial charge < -0.3 is 10.6 Å². The van der Waals surface area contributed by atoms with Gasteiger partial charge in [-0.15, -0.1) is 11.3 Å². The van der Waals surface area contributed by atoms with Gasteiger partial charge in [-0.05, 0) is 24.1 Å². The minimum atomic E-state index is 0.849. The van der Waals surface area contributed by atoms with Gasteiger partial charge in [-0.25, -0.2) is 4.98 Å². The molecule has 0 spiro atoms. The van der Waals surface area contributed by atoms with Crippen LogP contribution in [0.4, 0.5) is 5.69 Å². The van der Waals surface area contributed by atoms with Crippen molar-refractivity contribution in [2.45, 2.75) is 13.3 Å². The Balaban J connectivity index is 1.98. The van der Waals surface area contributed by atoms with E-state index in [1.54, 1.807) is 11.3 Å². The molecule has 5 heteroatoms. The molecule has 2 aromatic rings. The minimum absolute atomic E-state index is 0.849. The molecule has 88 valence electrons. The van der Waals surface area contributed by atoms with Crippen LogP contribution in [-0.4, -0.2) is 24.0 Å². The number of thiazole rings is 1. The summed E-state index contributed by atoms with van der Waals surface area (Å²) in [6.45, 7) is 3.94. The molecule has 17 heavy (non-hydrogen) atoms. The van der Waals surface area contributed by atoms with E-state index in [0.717, 1.165) is 36.7 Å². The highest BCUT2D eigenvalue weighted by atomic mass is 32.1. The Hall–Kier alpha value is -1.62. The zero-order chi connectivity index (χ0) is 11.7. The average Bonchev–Trinajstić information content (AvgIpc) is 2.98. The highest BCUT2D eigenvalue weighted by molar-refractivity contribution is 7.17. The molecule has 0 aliphatic carbocycles. The molecule has 1 aromatic heterocycles. The number of fused-ring (bicyclic) bond motifs is 1. The third-order valence-corrected chi connectivity index (χ3v) is 3.74. The fraction of sp³-hybridized carbons (Fsp3) is 0.333. The lowest BCUT2D eigenvalue weighted by atomic mass is 10.1. The molecule has 2 N–H and O–H groups in total. The van der Waals surface area contributed by atoms with E-state index in [9.17, 15) is 0 Å². The minimum Gasteiger partial charge on any atom is -0.354 e. The standard InChI is InChI=1S/C12H14N4S/c1-2-8-5-9(16-12-13-3-4-14-12)6-10-11(8)17-7-15-10/h5-7H,2-4H2,1H3,(H2,13,14,16). The summed E-state index contributed by atoms with van der Waals surface area (Å²) in [6, 6.07) is 4.26. The van der Waals surface area contributed by atoms with Crippen molar-refractivity contribution in [2.24, 2.45) is 4.99 Å². The molecule has 1 aliphatic heterocycles. The monoisotopic (exact) mass is 246 g/mol. The highest BCUT2D eigenvalue weighted by Gasteiger charge is 2.08. The van der Waals surface area contributed by atoms with Crippen LogP contribution in [0.3, 0.4) is 0 Å². The number of nitrogens with zero attached hydrogens (tertiary/aromatic N) is 2. The van der Waals surface area contributed by atoms with E-state index in [1.807, 2.05) is 5.51 Å². The molecular formula is C12H14N4S. The van der Waals surface area contributed by atoms with Gasteiger partial charge in [0.25, 0.3) is 0 Å². The summed E-state index contributed by atoms with van der Waals surface area (Å²) >= 11 is 1.71. The maximum absolute atomic E-state index is 4.38. The second-order valence-corrected chi connectivity index (χ2v) is 4.83. The molecule has 0 saturated heterocycles. The van der Waals surface area contributed by atoms with E-state index >= 15 is 0 Å². The molecular weight excluding hydrogens is 232 g/mol. The largest absolute Gasteiger partial charge is 0.354 e. The van der Waals surface area contributed by atoms with Gasteiger partial charge in [0.15, 0.2) is 5.96 Å². The SMILES string of the molecule is CCc1cc(NC2=NCCN2)cc2ncsc12. The lowest BCUT2D eigenvalue weighted by Crippen LogP contribution is -2.26. The van der Waals surface area contributed by atoms with Gasteiger partial charge in [-0.1, -0.05) is 6.92 Å². The Bertz CT molecular complexity index is 573. The molecule has 0 unspecified atom stereocenters. The number of benzene rings is 1. The molecule has 0 saturated carbocycles. The second kappa shape index (κ2) is 4.33. The Morgan fingerprint density at radius 2 is 2.41 bits per heavy atom. The smallest absolute Gasteiger partial charge is 0.195 e. The van der Waals surface area contributed by atoms with Crippen LogP contribution >= 0.6 is 11.3 Å². The number of aliphatic imine (C=N–C) groups is 1. The third-order valence-electron chi connectivity index (χ3n) is 2.83. The summed E-state index contributed by atoms with van der Waals surface area (Å²) in [5.74, 6) is 0.863. The van der Waals surface area contributed by atoms with Gasteiger partial charge in [0, 0.05) is 12.2 Å². The molecule has 0 radical (unpaired) electrons. The van der Waals surface area contributed by atoms with Crippen molar-refractivity contribution in [1.29, 1.82) is 0 Å². The number of aryl methyl sites for hydroxylation is 1. The summed E-state index contributed by atoms with van der Waals surface area (Å²) in [4.78, 5) is 8.71. The molecule has 0 bridgehead atoms. The predicted molar refractivity (Wildman–Crippen MR) is 72.9 cm³/mol. The number of aromatic nitrogens is 1. The van der Waals surface area contributed by atoms with Crippen LogP contribution in [0.1, 0.15) is 12.5 Å². The molecule has 1 aliphatic rings. The lowest BCUT2D eigenvalue weighted by molar-refractivity contribution is 0.959. The molecule has 0 amide bonds. The number of nitrogens with one attached hydrogen (secondary N) is 2. The van der Waals surface area contributed by atoms with Gasteiger partial charge in [-0.3, -0.25) is 4.99 Å². The first-order valence-corrected chi connectivity index (χ1v) is 6.66. The zero-order valence-corrected chi connectivity index (χ0v) is 10.5. The molecule has 1 aromatic carbocycles. The Kier molecular flexibility index (Phi) is 2.68. The Morgan fingerprint density at radius 1 is 1.47 bits per heavy atom. The van der Waals surface area contributed by atoms with Crippen molar-refractivity contribution in [1.82, 2.24) is 10.3 Å². The number of anilines is 1. The third kappa shape index (κ3) is 1.98. The second-order valence-electron chi connectivity index (χ2n) is 3.97.